The van der Waals surface area contributed by atoms with Gasteiger partial charge < -0.3 is 9.15 Å². The topological polar surface area (TPSA) is 48.2 Å². The molecule has 0 saturated heterocycles. The van der Waals surface area contributed by atoms with E-state index in [1.165, 1.54) is 6.42 Å². The molecular formula is C14H15ClN2O2. The molecule has 0 bridgehead atoms. The first-order valence-electron chi connectivity index (χ1n) is 6.30. The van der Waals surface area contributed by atoms with Crippen molar-refractivity contribution < 1.29 is 9.15 Å². The van der Waals surface area contributed by atoms with Gasteiger partial charge >= 0.3 is 0 Å². The molecule has 0 aromatic carbocycles. The van der Waals surface area contributed by atoms with E-state index in [4.69, 9.17) is 20.8 Å². The van der Waals surface area contributed by atoms with Crippen molar-refractivity contribution in [3.8, 4) is 11.6 Å². The first kappa shape index (κ1) is 12.6. The van der Waals surface area contributed by atoms with Gasteiger partial charge in [0.25, 0.3) is 0 Å². The molecule has 1 saturated carbocycles. The number of nitrogens with zero attached hydrogens (tertiary/aromatic N) is 2. The van der Waals surface area contributed by atoms with Gasteiger partial charge in [-0.05, 0) is 30.5 Å². The molecule has 0 radical (unpaired) electrons. The lowest BCUT2D eigenvalue weighted by atomic mass is 10.3. The summed E-state index contributed by atoms with van der Waals surface area (Å²) in [7, 11) is 1.62. The van der Waals surface area contributed by atoms with Gasteiger partial charge in [-0.3, -0.25) is 0 Å². The van der Waals surface area contributed by atoms with Crippen LogP contribution in [0, 0.1) is 5.92 Å². The molecule has 100 valence electrons. The summed E-state index contributed by atoms with van der Waals surface area (Å²) in [6.07, 6.45) is 1.19. The molecule has 5 heteroatoms. The van der Waals surface area contributed by atoms with Crippen LogP contribution in [0.5, 0.6) is 0 Å². The maximum Gasteiger partial charge on any atom is 0.197 e. The predicted octanol–water partition coefficient (Wildman–Crippen LogP) is 3.66. The van der Waals surface area contributed by atoms with E-state index in [2.05, 4.69) is 16.9 Å². The van der Waals surface area contributed by atoms with Crippen LogP contribution in [0.25, 0.3) is 11.6 Å². The fourth-order valence-corrected chi connectivity index (χ4v) is 2.39. The van der Waals surface area contributed by atoms with Crippen LogP contribution >= 0.6 is 11.6 Å². The Morgan fingerprint density at radius 1 is 1.42 bits per heavy atom. The van der Waals surface area contributed by atoms with Gasteiger partial charge in [-0.2, -0.15) is 0 Å². The van der Waals surface area contributed by atoms with Gasteiger partial charge in [0, 0.05) is 13.0 Å². The van der Waals surface area contributed by atoms with Crippen molar-refractivity contribution in [2.75, 3.05) is 7.11 Å². The SMILES string of the molecule is COCc1cc(Cl)nc(-c2ccc(C3CC3C)o2)n1. The summed E-state index contributed by atoms with van der Waals surface area (Å²) in [5.74, 6) is 3.45. The number of hydrogen-bond acceptors (Lipinski definition) is 4. The maximum atomic E-state index is 5.99. The summed E-state index contributed by atoms with van der Waals surface area (Å²) in [5.41, 5.74) is 0.746. The minimum absolute atomic E-state index is 0.398. The van der Waals surface area contributed by atoms with Gasteiger partial charge in [-0.25, -0.2) is 9.97 Å². The number of rotatable bonds is 4. The predicted molar refractivity (Wildman–Crippen MR) is 72.0 cm³/mol. The first-order valence-corrected chi connectivity index (χ1v) is 6.67. The Kier molecular flexibility index (Phi) is 3.29. The zero-order valence-corrected chi connectivity index (χ0v) is 11.6. The number of hydrogen-bond donors (Lipinski definition) is 0. The summed E-state index contributed by atoms with van der Waals surface area (Å²) in [5, 5.41) is 0.398. The van der Waals surface area contributed by atoms with Crippen LogP contribution in [0.2, 0.25) is 5.15 Å². The highest BCUT2D eigenvalue weighted by Crippen LogP contribution is 2.47. The fourth-order valence-electron chi connectivity index (χ4n) is 2.19. The van der Waals surface area contributed by atoms with E-state index in [-0.39, 0.29) is 0 Å². The molecule has 0 amide bonds. The Labute approximate surface area is 116 Å². The number of halogens is 1. The second-order valence-electron chi connectivity index (χ2n) is 4.96. The largest absolute Gasteiger partial charge is 0.457 e. The summed E-state index contributed by atoms with van der Waals surface area (Å²) < 4.78 is 10.9. The van der Waals surface area contributed by atoms with Crippen LogP contribution < -0.4 is 0 Å². The molecule has 2 aromatic heterocycles. The molecule has 0 spiro atoms. The highest BCUT2D eigenvalue weighted by molar-refractivity contribution is 6.29. The molecule has 1 fully saturated rings. The highest BCUT2D eigenvalue weighted by Gasteiger charge is 2.36. The molecule has 1 aliphatic rings. The third kappa shape index (κ3) is 2.65. The zero-order chi connectivity index (χ0) is 13.4. The normalized spacial score (nSPS) is 21.6. The molecule has 2 aromatic rings. The number of methoxy groups -OCH3 is 1. The quantitative estimate of drug-likeness (QED) is 0.801. The van der Waals surface area contributed by atoms with E-state index < -0.39 is 0 Å². The molecule has 4 nitrogen and oxygen atoms in total. The molecule has 0 N–H and O–H groups in total. The van der Waals surface area contributed by atoms with Crippen LogP contribution in [0.1, 0.15) is 30.7 Å². The summed E-state index contributed by atoms with van der Waals surface area (Å²) in [6, 6.07) is 5.60. The molecule has 0 aliphatic heterocycles. The van der Waals surface area contributed by atoms with Crippen molar-refractivity contribution in [1.29, 1.82) is 0 Å². The van der Waals surface area contributed by atoms with Crippen LogP contribution in [0.4, 0.5) is 0 Å². The number of ether oxygens (including phenoxy) is 1. The van der Waals surface area contributed by atoms with Crippen molar-refractivity contribution in [2.45, 2.75) is 25.9 Å². The Balaban J connectivity index is 1.90. The highest BCUT2D eigenvalue weighted by atomic mass is 35.5. The molecule has 3 rings (SSSR count). The standard InChI is InChI=1S/C14H15ClN2O2/c1-8-5-10(8)11-3-4-12(19-11)14-16-9(7-18-2)6-13(15)17-14/h3-4,6,8,10H,5,7H2,1-2H3. The lowest BCUT2D eigenvalue weighted by Gasteiger charge is -2.02. The molecule has 1 aliphatic carbocycles. The van der Waals surface area contributed by atoms with Gasteiger partial charge in [-0.15, -0.1) is 0 Å². The second kappa shape index (κ2) is 4.94. The third-order valence-corrected chi connectivity index (χ3v) is 3.56. The summed E-state index contributed by atoms with van der Waals surface area (Å²) in [4.78, 5) is 8.59. The fraction of sp³-hybridized carbons (Fsp3) is 0.429. The van der Waals surface area contributed by atoms with Gasteiger partial charge in [-0.1, -0.05) is 18.5 Å². The number of furan rings is 1. The Bertz CT molecular complexity index is 597. The number of aromatic nitrogens is 2. The second-order valence-corrected chi connectivity index (χ2v) is 5.35. The lowest BCUT2D eigenvalue weighted by molar-refractivity contribution is 0.181. The van der Waals surface area contributed by atoms with E-state index in [0.29, 0.717) is 35.2 Å². The van der Waals surface area contributed by atoms with E-state index in [1.54, 1.807) is 13.2 Å². The van der Waals surface area contributed by atoms with Gasteiger partial charge in [0.1, 0.15) is 10.9 Å². The Morgan fingerprint density at radius 2 is 2.21 bits per heavy atom. The van der Waals surface area contributed by atoms with Crippen molar-refractivity contribution in [2.24, 2.45) is 5.92 Å². The minimum Gasteiger partial charge on any atom is -0.457 e. The van der Waals surface area contributed by atoms with E-state index in [9.17, 15) is 0 Å². The van der Waals surface area contributed by atoms with Crippen LogP contribution in [-0.2, 0) is 11.3 Å². The summed E-state index contributed by atoms with van der Waals surface area (Å²) in [6.45, 7) is 2.63. The first-order chi connectivity index (χ1) is 9.17. The van der Waals surface area contributed by atoms with E-state index in [0.717, 1.165) is 11.5 Å². The molecule has 2 unspecified atom stereocenters. The molecule has 2 atom stereocenters. The summed E-state index contributed by atoms with van der Waals surface area (Å²) >= 11 is 5.99. The van der Waals surface area contributed by atoms with Gasteiger partial charge in [0.2, 0.25) is 0 Å². The van der Waals surface area contributed by atoms with Gasteiger partial charge in [0.15, 0.2) is 11.6 Å². The monoisotopic (exact) mass is 278 g/mol. The minimum atomic E-state index is 0.398. The van der Waals surface area contributed by atoms with E-state index >= 15 is 0 Å². The van der Waals surface area contributed by atoms with Crippen molar-refractivity contribution in [1.82, 2.24) is 9.97 Å². The Morgan fingerprint density at radius 3 is 2.89 bits per heavy atom. The maximum absolute atomic E-state index is 5.99. The molecule has 2 heterocycles. The Hall–Kier alpha value is -1.39. The van der Waals surface area contributed by atoms with Crippen LogP contribution in [-0.4, -0.2) is 17.1 Å². The lowest BCUT2D eigenvalue weighted by Crippen LogP contribution is -1.97. The molecule has 19 heavy (non-hydrogen) atoms. The smallest absolute Gasteiger partial charge is 0.197 e. The van der Waals surface area contributed by atoms with Crippen molar-refractivity contribution in [3.63, 3.8) is 0 Å². The average Bonchev–Trinajstić information content (AvgIpc) is 2.91. The van der Waals surface area contributed by atoms with Crippen LogP contribution in [0.15, 0.2) is 22.6 Å². The third-order valence-electron chi connectivity index (χ3n) is 3.36. The van der Waals surface area contributed by atoms with Gasteiger partial charge in [0.05, 0.1) is 12.3 Å². The molecular weight excluding hydrogens is 264 g/mol. The van der Waals surface area contributed by atoms with Crippen LogP contribution in [0.3, 0.4) is 0 Å². The van der Waals surface area contributed by atoms with Crippen molar-refractivity contribution >= 4 is 11.6 Å². The van der Waals surface area contributed by atoms with Crippen molar-refractivity contribution in [3.05, 3.63) is 34.8 Å². The average molecular weight is 279 g/mol. The van der Waals surface area contributed by atoms with E-state index in [1.807, 2.05) is 12.1 Å². The zero-order valence-electron chi connectivity index (χ0n) is 10.9.